The van der Waals surface area contributed by atoms with Crippen LogP contribution in [0, 0.1) is 10.1 Å². The zero-order chi connectivity index (χ0) is 20.7. The van der Waals surface area contributed by atoms with E-state index in [0.29, 0.717) is 5.56 Å². The molecule has 0 spiro atoms. The van der Waals surface area contributed by atoms with Gasteiger partial charge in [-0.1, -0.05) is 36.4 Å². The van der Waals surface area contributed by atoms with E-state index in [1.54, 1.807) is 30.3 Å². The van der Waals surface area contributed by atoms with Crippen molar-refractivity contribution in [3.8, 4) is 0 Å². The van der Waals surface area contributed by atoms with Crippen molar-refractivity contribution in [2.75, 3.05) is 0 Å². The maximum absolute atomic E-state index is 13.1. The third-order valence-corrected chi connectivity index (χ3v) is 4.98. The molecule has 1 aliphatic rings. The van der Waals surface area contributed by atoms with Gasteiger partial charge in [0.1, 0.15) is 6.04 Å². The van der Waals surface area contributed by atoms with E-state index in [-0.39, 0.29) is 34.0 Å². The Kier molecular flexibility index (Phi) is 4.31. The number of carbonyl (C=O) groups is 3. The molecule has 8 nitrogen and oxygen atoms in total. The number of amides is 2. The first-order valence-corrected chi connectivity index (χ1v) is 8.75. The van der Waals surface area contributed by atoms with E-state index < -0.39 is 28.7 Å². The molecular weight excluding hydrogens is 376 g/mol. The minimum atomic E-state index is -1.41. The Morgan fingerprint density at radius 3 is 2.24 bits per heavy atom. The van der Waals surface area contributed by atoms with Crippen LogP contribution in [0.5, 0.6) is 0 Å². The van der Waals surface area contributed by atoms with Crippen LogP contribution in [-0.2, 0) is 11.2 Å². The van der Waals surface area contributed by atoms with Crippen molar-refractivity contribution in [1.29, 1.82) is 0 Å². The number of benzene rings is 3. The summed E-state index contributed by atoms with van der Waals surface area (Å²) in [5.74, 6) is -2.87. The van der Waals surface area contributed by atoms with E-state index in [1.807, 2.05) is 0 Å². The molecule has 0 aromatic heterocycles. The van der Waals surface area contributed by atoms with Crippen LogP contribution < -0.4 is 0 Å². The largest absolute Gasteiger partial charge is 0.480 e. The molecule has 0 fully saturated rings. The first-order chi connectivity index (χ1) is 13.9. The lowest BCUT2D eigenvalue weighted by Gasteiger charge is -2.31. The van der Waals surface area contributed by atoms with Crippen molar-refractivity contribution in [1.82, 2.24) is 4.90 Å². The maximum Gasteiger partial charge on any atom is 0.327 e. The summed E-state index contributed by atoms with van der Waals surface area (Å²) in [5, 5.41) is 21.4. The van der Waals surface area contributed by atoms with Crippen LogP contribution in [0.4, 0.5) is 5.69 Å². The molecule has 3 aromatic rings. The van der Waals surface area contributed by atoms with E-state index in [1.165, 1.54) is 30.3 Å². The van der Waals surface area contributed by atoms with E-state index >= 15 is 0 Å². The van der Waals surface area contributed by atoms with E-state index in [0.717, 1.165) is 4.90 Å². The average molecular weight is 390 g/mol. The average Bonchev–Trinajstić information content (AvgIpc) is 2.71. The fraction of sp³-hybridized carbons (Fsp3) is 0.0952. The van der Waals surface area contributed by atoms with Crippen molar-refractivity contribution < 1.29 is 24.4 Å². The number of carboxylic acid groups (broad SMARTS) is 1. The van der Waals surface area contributed by atoms with Crippen LogP contribution in [0.15, 0.2) is 60.7 Å². The summed E-state index contributed by atoms with van der Waals surface area (Å²) in [6.07, 6.45) is -0.0497. The summed E-state index contributed by atoms with van der Waals surface area (Å²) in [6.45, 7) is 0. The van der Waals surface area contributed by atoms with Crippen LogP contribution in [0.25, 0.3) is 10.8 Å². The van der Waals surface area contributed by atoms with Gasteiger partial charge in [0.15, 0.2) is 0 Å². The highest BCUT2D eigenvalue weighted by molar-refractivity contribution is 6.27. The lowest BCUT2D eigenvalue weighted by Crippen LogP contribution is -2.51. The molecule has 0 unspecified atom stereocenters. The number of hydrogen-bond donors (Lipinski definition) is 1. The molecule has 0 saturated carbocycles. The predicted octanol–water partition coefficient (Wildman–Crippen LogP) is 3.04. The van der Waals surface area contributed by atoms with Gasteiger partial charge >= 0.3 is 5.97 Å². The van der Waals surface area contributed by atoms with Gasteiger partial charge in [-0.15, -0.1) is 0 Å². The minimum absolute atomic E-state index is 0.0497. The number of non-ortho nitro benzene ring substituents is 1. The van der Waals surface area contributed by atoms with Gasteiger partial charge in [-0.25, -0.2) is 4.79 Å². The van der Waals surface area contributed by atoms with Gasteiger partial charge in [0.2, 0.25) is 0 Å². The SMILES string of the molecule is O=C(O)[C@@H](Cc1ccccc1)N1C(=O)c2cccc3c([N+](=O)[O-])ccc(c23)C1=O. The number of nitro groups is 1. The molecule has 1 heterocycles. The number of hydrogen-bond acceptors (Lipinski definition) is 5. The molecule has 29 heavy (non-hydrogen) atoms. The molecule has 1 atom stereocenters. The standard InChI is InChI=1S/C21H14N2O6/c24-19-14-8-4-7-13-16(23(28)29)10-9-15(18(13)14)20(25)22(19)17(21(26)27)11-12-5-2-1-3-6-12/h1-10,17H,11H2,(H,26,27)/t17-/m1/s1. The summed E-state index contributed by atoms with van der Waals surface area (Å²) in [7, 11) is 0. The summed E-state index contributed by atoms with van der Waals surface area (Å²) in [4.78, 5) is 49.6. The highest BCUT2D eigenvalue weighted by Crippen LogP contribution is 2.36. The summed E-state index contributed by atoms with van der Waals surface area (Å²) >= 11 is 0. The van der Waals surface area contributed by atoms with E-state index in [2.05, 4.69) is 0 Å². The highest BCUT2D eigenvalue weighted by Gasteiger charge is 2.41. The maximum atomic E-state index is 13.1. The van der Waals surface area contributed by atoms with E-state index in [4.69, 9.17) is 0 Å². The van der Waals surface area contributed by atoms with Crippen LogP contribution in [0.3, 0.4) is 0 Å². The quantitative estimate of drug-likeness (QED) is 0.406. The summed E-state index contributed by atoms with van der Waals surface area (Å²) in [5.41, 5.74) is 0.576. The fourth-order valence-electron chi connectivity index (χ4n) is 3.67. The van der Waals surface area contributed by atoms with Crippen molar-refractivity contribution in [3.63, 3.8) is 0 Å². The second-order valence-electron chi connectivity index (χ2n) is 6.64. The number of carbonyl (C=O) groups excluding carboxylic acids is 2. The molecule has 3 aromatic carbocycles. The Morgan fingerprint density at radius 1 is 0.966 bits per heavy atom. The number of carboxylic acids is 1. The molecule has 4 rings (SSSR count). The van der Waals surface area contributed by atoms with Gasteiger partial charge in [0.25, 0.3) is 17.5 Å². The number of nitrogens with zero attached hydrogens (tertiary/aromatic N) is 2. The lowest BCUT2D eigenvalue weighted by molar-refractivity contribution is -0.383. The lowest BCUT2D eigenvalue weighted by atomic mass is 9.91. The third-order valence-electron chi connectivity index (χ3n) is 4.98. The molecule has 1 aliphatic heterocycles. The van der Waals surface area contributed by atoms with Crippen molar-refractivity contribution in [3.05, 3.63) is 87.5 Å². The van der Waals surface area contributed by atoms with Crippen LogP contribution in [-0.4, -0.2) is 38.8 Å². The Labute approximate surface area is 164 Å². The highest BCUT2D eigenvalue weighted by atomic mass is 16.6. The zero-order valence-corrected chi connectivity index (χ0v) is 14.9. The smallest absolute Gasteiger partial charge is 0.327 e. The molecule has 1 N–H and O–H groups in total. The first kappa shape index (κ1) is 18.3. The Morgan fingerprint density at radius 2 is 1.62 bits per heavy atom. The van der Waals surface area contributed by atoms with Gasteiger partial charge in [0.05, 0.1) is 10.3 Å². The molecular formula is C21H14N2O6. The normalized spacial score (nSPS) is 14.1. The van der Waals surface area contributed by atoms with Gasteiger partial charge < -0.3 is 5.11 Å². The summed E-state index contributed by atoms with van der Waals surface area (Å²) in [6, 6.07) is 14.1. The Hall–Kier alpha value is -4.07. The topological polar surface area (TPSA) is 118 Å². The van der Waals surface area contributed by atoms with Crippen molar-refractivity contribution in [2.24, 2.45) is 0 Å². The summed E-state index contributed by atoms with van der Waals surface area (Å²) < 4.78 is 0. The number of nitro benzene ring substituents is 1. The second kappa shape index (κ2) is 6.83. The van der Waals surface area contributed by atoms with Gasteiger partial charge in [-0.05, 0) is 23.8 Å². The van der Waals surface area contributed by atoms with Crippen LogP contribution >= 0.6 is 0 Å². The second-order valence-corrected chi connectivity index (χ2v) is 6.64. The predicted molar refractivity (Wildman–Crippen MR) is 103 cm³/mol. The Balaban J connectivity index is 1.86. The number of aliphatic carboxylic acids is 1. The minimum Gasteiger partial charge on any atom is -0.480 e. The Bertz CT molecular complexity index is 1170. The van der Waals surface area contributed by atoms with Crippen molar-refractivity contribution >= 4 is 34.2 Å². The van der Waals surface area contributed by atoms with Crippen LogP contribution in [0.1, 0.15) is 26.3 Å². The molecule has 2 amide bonds. The fourth-order valence-corrected chi connectivity index (χ4v) is 3.67. The zero-order valence-electron chi connectivity index (χ0n) is 14.9. The number of rotatable bonds is 5. The molecule has 0 aliphatic carbocycles. The van der Waals surface area contributed by atoms with Crippen molar-refractivity contribution in [2.45, 2.75) is 12.5 Å². The van der Waals surface area contributed by atoms with Gasteiger partial charge in [-0.2, -0.15) is 0 Å². The third kappa shape index (κ3) is 2.91. The molecule has 8 heteroatoms. The van der Waals surface area contributed by atoms with E-state index in [9.17, 15) is 29.6 Å². The molecule has 144 valence electrons. The molecule has 0 bridgehead atoms. The first-order valence-electron chi connectivity index (χ1n) is 8.75. The number of imide groups is 1. The van der Waals surface area contributed by atoms with Crippen LogP contribution in [0.2, 0.25) is 0 Å². The molecule has 0 saturated heterocycles. The molecule has 0 radical (unpaired) electrons. The monoisotopic (exact) mass is 390 g/mol. The van der Waals surface area contributed by atoms with Gasteiger partial charge in [-0.3, -0.25) is 24.6 Å². The van der Waals surface area contributed by atoms with Gasteiger partial charge in [0, 0.05) is 29.0 Å².